The molecule has 1 saturated heterocycles. The van der Waals surface area contributed by atoms with Crippen LogP contribution in [0.4, 0.5) is 11.4 Å². The fourth-order valence-corrected chi connectivity index (χ4v) is 3.55. The van der Waals surface area contributed by atoms with Crippen molar-refractivity contribution in [3.05, 3.63) is 24.3 Å². The predicted octanol–water partition coefficient (Wildman–Crippen LogP) is 3.66. The monoisotopic (exact) mass is 274 g/mol. The number of anilines is 2. The lowest BCUT2D eigenvalue weighted by Crippen LogP contribution is -2.27. The molecule has 3 heteroatoms. The maximum atomic E-state index is 6.34. The number of nitrogens with zero attached hydrogens (tertiary/aromatic N) is 1. The summed E-state index contributed by atoms with van der Waals surface area (Å²) in [7, 11) is 4.14. The van der Waals surface area contributed by atoms with E-state index in [9.17, 15) is 0 Å². The minimum absolute atomic E-state index is 0.248. The second kappa shape index (κ2) is 5.65. The van der Waals surface area contributed by atoms with Gasteiger partial charge >= 0.3 is 0 Å². The molecule has 20 heavy (non-hydrogen) atoms. The van der Waals surface area contributed by atoms with Crippen molar-refractivity contribution in [3.63, 3.8) is 0 Å². The van der Waals surface area contributed by atoms with Crippen LogP contribution < -0.4 is 10.2 Å². The first-order chi connectivity index (χ1) is 9.67. The van der Waals surface area contributed by atoms with Crippen LogP contribution in [0.3, 0.4) is 0 Å². The zero-order valence-corrected chi connectivity index (χ0v) is 12.7. The molecule has 2 fully saturated rings. The summed E-state index contributed by atoms with van der Waals surface area (Å²) in [6.45, 7) is 0.929. The molecule has 3 nitrogen and oxygen atoms in total. The molecule has 0 bridgehead atoms. The molecule has 1 N–H and O–H groups in total. The van der Waals surface area contributed by atoms with Crippen molar-refractivity contribution < 1.29 is 4.74 Å². The molecule has 0 amide bonds. The van der Waals surface area contributed by atoms with E-state index in [-0.39, 0.29) is 5.60 Å². The molecule has 1 saturated carbocycles. The first kappa shape index (κ1) is 13.7. The van der Waals surface area contributed by atoms with E-state index < -0.39 is 0 Å². The van der Waals surface area contributed by atoms with Crippen LogP contribution in [0.2, 0.25) is 0 Å². The third-order valence-electron chi connectivity index (χ3n) is 4.75. The van der Waals surface area contributed by atoms with Gasteiger partial charge < -0.3 is 15.0 Å². The Morgan fingerprint density at radius 1 is 1.25 bits per heavy atom. The highest BCUT2D eigenvalue weighted by Gasteiger charge is 2.41. The Hall–Kier alpha value is -1.22. The Kier molecular flexibility index (Phi) is 3.88. The summed E-state index contributed by atoms with van der Waals surface area (Å²) in [4.78, 5) is 2.13. The van der Waals surface area contributed by atoms with Gasteiger partial charge in [0.05, 0.1) is 11.7 Å². The van der Waals surface area contributed by atoms with Crippen LogP contribution >= 0.6 is 0 Å². The quantitative estimate of drug-likeness (QED) is 0.907. The highest BCUT2D eigenvalue weighted by atomic mass is 16.5. The van der Waals surface area contributed by atoms with Crippen LogP contribution in [0.5, 0.6) is 0 Å². The van der Waals surface area contributed by atoms with Gasteiger partial charge in [-0.15, -0.1) is 0 Å². The zero-order valence-electron chi connectivity index (χ0n) is 12.7. The Bertz CT molecular complexity index is 452. The second-order valence-electron chi connectivity index (χ2n) is 6.49. The van der Waals surface area contributed by atoms with Crippen molar-refractivity contribution in [3.8, 4) is 0 Å². The summed E-state index contributed by atoms with van der Waals surface area (Å²) in [5, 5.41) is 3.54. The van der Waals surface area contributed by atoms with Gasteiger partial charge in [-0.1, -0.05) is 18.9 Å². The molecule has 1 aliphatic carbocycles. The molecule has 1 aromatic rings. The first-order valence-electron chi connectivity index (χ1n) is 7.86. The number of nitrogens with one attached hydrogen (secondary N) is 1. The van der Waals surface area contributed by atoms with Crippen molar-refractivity contribution >= 4 is 11.4 Å². The van der Waals surface area contributed by atoms with Gasteiger partial charge in [-0.2, -0.15) is 0 Å². The molecule has 0 radical (unpaired) electrons. The molecule has 1 aliphatic heterocycles. The SMILES string of the molecule is CN(C)c1cccc(NCC2CCC3(CCCC3)O2)c1. The molecule has 1 spiro atoms. The highest BCUT2D eigenvalue weighted by Crippen LogP contribution is 2.43. The van der Waals surface area contributed by atoms with Gasteiger partial charge in [0.2, 0.25) is 0 Å². The van der Waals surface area contributed by atoms with Crippen LogP contribution in [0, 0.1) is 0 Å². The maximum Gasteiger partial charge on any atom is 0.0756 e. The van der Waals surface area contributed by atoms with E-state index in [4.69, 9.17) is 4.74 Å². The summed E-state index contributed by atoms with van der Waals surface area (Å²) in [6.07, 6.45) is 8.11. The average molecular weight is 274 g/mol. The molecular weight excluding hydrogens is 248 g/mol. The number of ether oxygens (including phenoxy) is 1. The Balaban J connectivity index is 1.54. The first-order valence-corrected chi connectivity index (χ1v) is 7.86. The molecule has 2 aliphatic rings. The fraction of sp³-hybridized carbons (Fsp3) is 0.647. The maximum absolute atomic E-state index is 6.34. The number of hydrogen-bond donors (Lipinski definition) is 1. The number of rotatable bonds is 4. The fourth-order valence-electron chi connectivity index (χ4n) is 3.55. The molecule has 3 rings (SSSR count). The molecule has 1 heterocycles. The molecular formula is C17H26N2O. The summed E-state index contributed by atoms with van der Waals surface area (Å²) in [5.41, 5.74) is 2.67. The van der Waals surface area contributed by atoms with Crippen molar-refractivity contribution in [2.45, 2.75) is 50.2 Å². The van der Waals surface area contributed by atoms with E-state index in [2.05, 4.69) is 48.6 Å². The van der Waals surface area contributed by atoms with Crippen LogP contribution in [-0.2, 0) is 4.74 Å². The third-order valence-corrected chi connectivity index (χ3v) is 4.75. The molecule has 1 aromatic carbocycles. The van der Waals surface area contributed by atoms with Gasteiger partial charge in [0.15, 0.2) is 0 Å². The Morgan fingerprint density at radius 3 is 2.80 bits per heavy atom. The number of benzene rings is 1. The topological polar surface area (TPSA) is 24.5 Å². The van der Waals surface area contributed by atoms with Crippen molar-refractivity contribution in [1.29, 1.82) is 0 Å². The van der Waals surface area contributed by atoms with E-state index in [0.717, 1.165) is 6.54 Å². The molecule has 110 valence electrons. The Morgan fingerprint density at radius 2 is 2.05 bits per heavy atom. The normalized spacial score (nSPS) is 24.2. The lowest BCUT2D eigenvalue weighted by atomic mass is 9.98. The molecule has 0 aromatic heterocycles. The van der Waals surface area contributed by atoms with Crippen LogP contribution in [-0.4, -0.2) is 32.3 Å². The lowest BCUT2D eigenvalue weighted by Gasteiger charge is -2.24. The van der Waals surface area contributed by atoms with Gasteiger partial charge in [-0.05, 0) is 43.9 Å². The van der Waals surface area contributed by atoms with Gasteiger partial charge in [-0.25, -0.2) is 0 Å². The van der Waals surface area contributed by atoms with Crippen molar-refractivity contribution in [1.82, 2.24) is 0 Å². The second-order valence-corrected chi connectivity index (χ2v) is 6.49. The van der Waals surface area contributed by atoms with E-state index in [1.807, 2.05) is 0 Å². The molecule has 1 atom stereocenters. The van der Waals surface area contributed by atoms with Crippen LogP contribution in [0.15, 0.2) is 24.3 Å². The van der Waals surface area contributed by atoms with E-state index in [1.165, 1.54) is 49.9 Å². The Labute approximate surface area is 122 Å². The zero-order chi connectivity index (χ0) is 14.0. The van der Waals surface area contributed by atoms with Gasteiger partial charge in [0, 0.05) is 32.0 Å². The average Bonchev–Trinajstić information content (AvgIpc) is 3.08. The lowest BCUT2D eigenvalue weighted by molar-refractivity contribution is -0.0307. The summed E-state index contributed by atoms with van der Waals surface area (Å²) in [6, 6.07) is 8.56. The van der Waals surface area contributed by atoms with E-state index >= 15 is 0 Å². The minimum Gasteiger partial charge on any atom is -0.382 e. The van der Waals surface area contributed by atoms with E-state index in [0.29, 0.717) is 6.10 Å². The summed E-state index contributed by atoms with van der Waals surface area (Å²) >= 11 is 0. The van der Waals surface area contributed by atoms with Gasteiger partial charge in [0.25, 0.3) is 0 Å². The van der Waals surface area contributed by atoms with Gasteiger partial charge in [-0.3, -0.25) is 0 Å². The van der Waals surface area contributed by atoms with Gasteiger partial charge in [0.1, 0.15) is 0 Å². The smallest absolute Gasteiger partial charge is 0.0756 e. The predicted molar refractivity (Wildman–Crippen MR) is 84.6 cm³/mol. The van der Waals surface area contributed by atoms with E-state index in [1.54, 1.807) is 0 Å². The summed E-state index contributed by atoms with van der Waals surface area (Å²) in [5.74, 6) is 0. The largest absolute Gasteiger partial charge is 0.382 e. The standard InChI is InChI=1S/C17H26N2O/c1-19(2)15-7-5-6-14(12-15)18-13-16-8-11-17(20-16)9-3-4-10-17/h5-7,12,16,18H,3-4,8-11,13H2,1-2H3. The molecule has 1 unspecified atom stereocenters. The van der Waals surface area contributed by atoms with Crippen molar-refractivity contribution in [2.24, 2.45) is 0 Å². The minimum atomic E-state index is 0.248. The van der Waals surface area contributed by atoms with Crippen LogP contribution in [0.25, 0.3) is 0 Å². The highest BCUT2D eigenvalue weighted by molar-refractivity contribution is 5.57. The number of hydrogen-bond acceptors (Lipinski definition) is 3. The summed E-state index contributed by atoms with van der Waals surface area (Å²) < 4.78 is 6.34. The van der Waals surface area contributed by atoms with Crippen molar-refractivity contribution in [2.75, 3.05) is 30.9 Å². The third kappa shape index (κ3) is 2.93. The van der Waals surface area contributed by atoms with Crippen LogP contribution in [0.1, 0.15) is 38.5 Å².